The summed E-state index contributed by atoms with van der Waals surface area (Å²) < 4.78 is 33.1. The number of hydrogen-bond donors (Lipinski definition) is 1. The fourth-order valence-electron chi connectivity index (χ4n) is 2.69. The third kappa shape index (κ3) is 3.26. The van der Waals surface area contributed by atoms with E-state index in [9.17, 15) is 8.42 Å². The van der Waals surface area contributed by atoms with Crippen LogP contribution in [0.1, 0.15) is 12.8 Å². The summed E-state index contributed by atoms with van der Waals surface area (Å²) in [4.78, 5) is 0.354. The number of rotatable bonds is 4. The largest absolute Gasteiger partial charge is 0.381 e. The molecule has 0 radical (unpaired) electrons. The van der Waals surface area contributed by atoms with Crippen molar-refractivity contribution in [2.45, 2.75) is 17.7 Å². The van der Waals surface area contributed by atoms with Crippen molar-refractivity contribution in [3.8, 4) is 0 Å². The summed E-state index contributed by atoms with van der Waals surface area (Å²) in [6.07, 6.45) is 1.83. The Morgan fingerprint density at radius 3 is 2.57 bits per heavy atom. The van der Waals surface area contributed by atoms with Crippen LogP contribution in [0.3, 0.4) is 0 Å². The highest BCUT2D eigenvalue weighted by Crippen LogP contribution is 2.23. The van der Waals surface area contributed by atoms with Gasteiger partial charge >= 0.3 is 0 Å². The molecule has 1 fully saturated rings. The van der Waals surface area contributed by atoms with Crippen LogP contribution in [0.5, 0.6) is 0 Å². The van der Waals surface area contributed by atoms with E-state index >= 15 is 0 Å². The van der Waals surface area contributed by atoms with Crippen molar-refractivity contribution in [1.82, 2.24) is 4.72 Å². The number of nitrogens with one attached hydrogen (secondary N) is 1. The van der Waals surface area contributed by atoms with Gasteiger partial charge in [-0.3, -0.25) is 0 Å². The lowest BCUT2D eigenvalue weighted by atomic mass is 10.0. The molecule has 0 spiro atoms. The lowest BCUT2D eigenvalue weighted by Crippen LogP contribution is -2.32. The van der Waals surface area contributed by atoms with Gasteiger partial charge in [0.1, 0.15) is 0 Å². The van der Waals surface area contributed by atoms with E-state index in [0.29, 0.717) is 17.4 Å². The van der Waals surface area contributed by atoms with Gasteiger partial charge in [-0.15, -0.1) is 0 Å². The highest BCUT2D eigenvalue weighted by atomic mass is 32.2. The van der Waals surface area contributed by atoms with Gasteiger partial charge in [-0.05, 0) is 30.2 Å². The zero-order valence-corrected chi connectivity index (χ0v) is 12.6. The Balaban J connectivity index is 1.83. The van der Waals surface area contributed by atoms with Crippen molar-refractivity contribution >= 4 is 20.8 Å². The molecule has 0 aliphatic carbocycles. The first-order valence-corrected chi connectivity index (χ1v) is 8.70. The Kier molecular flexibility index (Phi) is 4.24. The van der Waals surface area contributed by atoms with Crippen molar-refractivity contribution in [3.05, 3.63) is 42.5 Å². The Hall–Kier alpha value is -1.43. The molecule has 1 saturated heterocycles. The fourth-order valence-corrected chi connectivity index (χ4v) is 4.03. The van der Waals surface area contributed by atoms with Gasteiger partial charge in [0, 0.05) is 25.1 Å². The number of sulfonamides is 1. The molecule has 2 aromatic rings. The maximum Gasteiger partial charge on any atom is 0.241 e. The van der Waals surface area contributed by atoms with Crippen LogP contribution in [0, 0.1) is 5.92 Å². The Bertz CT molecular complexity index is 716. The Morgan fingerprint density at radius 2 is 1.76 bits per heavy atom. The van der Waals surface area contributed by atoms with E-state index in [2.05, 4.69) is 4.72 Å². The SMILES string of the molecule is O=S(=O)(NCC1CCOCC1)c1cccc2ccccc12. The number of fused-ring (bicyclic) bond motifs is 1. The number of benzene rings is 2. The minimum absolute atomic E-state index is 0.354. The van der Waals surface area contributed by atoms with Crippen LogP contribution >= 0.6 is 0 Å². The molecule has 0 amide bonds. The molecule has 1 N–H and O–H groups in total. The minimum atomic E-state index is -3.48. The van der Waals surface area contributed by atoms with Crippen LogP contribution < -0.4 is 4.72 Å². The maximum atomic E-state index is 12.5. The minimum Gasteiger partial charge on any atom is -0.381 e. The van der Waals surface area contributed by atoms with Gasteiger partial charge in [0.05, 0.1) is 4.90 Å². The van der Waals surface area contributed by atoms with Gasteiger partial charge in [0.15, 0.2) is 0 Å². The third-order valence-electron chi connectivity index (χ3n) is 3.94. The summed E-state index contributed by atoms with van der Waals surface area (Å²) in [6, 6.07) is 12.9. The normalized spacial score (nSPS) is 17.1. The molecule has 3 rings (SSSR count). The van der Waals surface area contributed by atoms with Crippen molar-refractivity contribution in [2.75, 3.05) is 19.8 Å². The molecule has 5 heteroatoms. The zero-order valence-electron chi connectivity index (χ0n) is 11.8. The molecule has 1 aliphatic heterocycles. The molecule has 0 saturated carbocycles. The molecule has 0 aromatic heterocycles. The van der Waals surface area contributed by atoms with E-state index in [4.69, 9.17) is 4.74 Å². The standard InChI is InChI=1S/C16H19NO3S/c18-21(19,17-12-13-8-10-20-11-9-13)16-7-3-5-14-4-1-2-6-15(14)16/h1-7,13,17H,8-12H2. The zero-order chi connectivity index (χ0) is 14.7. The molecule has 4 nitrogen and oxygen atoms in total. The van der Waals surface area contributed by atoms with E-state index in [1.54, 1.807) is 12.1 Å². The molecule has 0 unspecified atom stereocenters. The van der Waals surface area contributed by atoms with E-state index in [-0.39, 0.29) is 0 Å². The highest BCUT2D eigenvalue weighted by molar-refractivity contribution is 7.89. The monoisotopic (exact) mass is 305 g/mol. The van der Waals surface area contributed by atoms with Crippen molar-refractivity contribution in [2.24, 2.45) is 5.92 Å². The second-order valence-electron chi connectivity index (χ2n) is 5.38. The summed E-state index contributed by atoms with van der Waals surface area (Å²) in [5.74, 6) is 0.364. The summed E-state index contributed by atoms with van der Waals surface area (Å²) in [5, 5.41) is 1.70. The van der Waals surface area contributed by atoms with Crippen molar-refractivity contribution in [1.29, 1.82) is 0 Å². The number of hydrogen-bond acceptors (Lipinski definition) is 3. The summed E-state index contributed by atoms with van der Waals surface area (Å²) >= 11 is 0. The number of ether oxygens (including phenoxy) is 1. The predicted octanol–water partition coefficient (Wildman–Crippen LogP) is 2.54. The van der Waals surface area contributed by atoms with Crippen LogP contribution in [-0.4, -0.2) is 28.2 Å². The van der Waals surface area contributed by atoms with Gasteiger partial charge in [-0.25, -0.2) is 13.1 Å². The van der Waals surface area contributed by atoms with Crippen molar-refractivity contribution < 1.29 is 13.2 Å². The summed E-state index contributed by atoms with van der Waals surface area (Å²) in [5.41, 5.74) is 0. The Morgan fingerprint density at radius 1 is 1.05 bits per heavy atom. The van der Waals surface area contributed by atoms with E-state index in [0.717, 1.165) is 36.8 Å². The van der Waals surface area contributed by atoms with Crippen molar-refractivity contribution in [3.63, 3.8) is 0 Å². The van der Waals surface area contributed by atoms with Gasteiger partial charge in [-0.1, -0.05) is 36.4 Å². The third-order valence-corrected chi connectivity index (χ3v) is 5.42. The molecule has 0 bridgehead atoms. The van der Waals surface area contributed by atoms with Crippen LogP contribution in [0.2, 0.25) is 0 Å². The Labute approximate surface area is 125 Å². The first kappa shape index (κ1) is 14.5. The highest BCUT2D eigenvalue weighted by Gasteiger charge is 2.20. The van der Waals surface area contributed by atoms with Crippen LogP contribution in [0.4, 0.5) is 0 Å². The second-order valence-corrected chi connectivity index (χ2v) is 7.12. The molecule has 1 aliphatic rings. The molecule has 0 atom stereocenters. The van der Waals surface area contributed by atoms with Crippen LogP contribution in [-0.2, 0) is 14.8 Å². The molecule has 112 valence electrons. The van der Waals surface area contributed by atoms with E-state index in [1.807, 2.05) is 30.3 Å². The van der Waals surface area contributed by atoms with Gasteiger partial charge in [-0.2, -0.15) is 0 Å². The van der Waals surface area contributed by atoms with Gasteiger partial charge in [0.2, 0.25) is 10.0 Å². The fraction of sp³-hybridized carbons (Fsp3) is 0.375. The first-order valence-electron chi connectivity index (χ1n) is 7.22. The topological polar surface area (TPSA) is 55.4 Å². The van der Waals surface area contributed by atoms with E-state index in [1.165, 1.54) is 0 Å². The molecular weight excluding hydrogens is 286 g/mol. The first-order chi connectivity index (χ1) is 10.2. The smallest absolute Gasteiger partial charge is 0.241 e. The average Bonchev–Trinajstić information content (AvgIpc) is 2.53. The van der Waals surface area contributed by atoms with Gasteiger partial charge < -0.3 is 4.74 Å². The van der Waals surface area contributed by atoms with E-state index < -0.39 is 10.0 Å². The van der Waals surface area contributed by atoms with Crippen LogP contribution in [0.15, 0.2) is 47.4 Å². The molecule has 1 heterocycles. The lowest BCUT2D eigenvalue weighted by molar-refractivity contribution is 0.0678. The van der Waals surface area contributed by atoms with Gasteiger partial charge in [0.25, 0.3) is 0 Å². The molecule has 21 heavy (non-hydrogen) atoms. The maximum absolute atomic E-state index is 12.5. The molecular formula is C16H19NO3S. The predicted molar refractivity (Wildman–Crippen MR) is 82.7 cm³/mol. The summed E-state index contributed by atoms with van der Waals surface area (Å²) in [6.45, 7) is 1.93. The second kappa shape index (κ2) is 6.13. The average molecular weight is 305 g/mol. The summed E-state index contributed by atoms with van der Waals surface area (Å²) in [7, 11) is -3.48. The van der Waals surface area contributed by atoms with Crippen LogP contribution in [0.25, 0.3) is 10.8 Å². The quantitative estimate of drug-likeness (QED) is 0.944. The lowest BCUT2D eigenvalue weighted by Gasteiger charge is -2.22. The molecule has 2 aromatic carbocycles.